The van der Waals surface area contributed by atoms with Crippen LogP contribution in [0.15, 0.2) is 24.3 Å². The molecule has 0 saturated heterocycles. The van der Waals surface area contributed by atoms with E-state index >= 15 is 0 Å². The van der Waals surface area contributed by atoms with Crippen molar-refractivity contribution in [2.75, 3.05) is 20.3 Å². The highest BCUT2D eigenvalue weighted by molar-refractivity contribution is 14.1. The van der Waals surface area contributed by atoms with Crippen LogP contribution >= 0.6 is 22.6 Å². The van der Waals surface area contributed by atoms with Crippen molar-refractivity contribution in [3.05, 3.63) is 27.8 Å². The van der Waals surface area contributed by atoms with E-state index in [4.69, 9.17) is 9.47 Å². The molecule has 0 aromatic heterocycles. The Morgan fingerprint density at radius 3 is 2.62 bits per heavy atom. The zero-order valence-electron chi connectivity index (χ0n) is 9.03. The van der Waals surface area contributed by atoms with Crippen LogP contribution < -0.4 is 10.1 Å². The number of ether oxygens (including phenoxy) is 2. The van der Waals surface area contributed by atoms with Gasteiger partial charge in [0, 0.05) is 17.0 Å². The largest absolute Gasteiger partial charge is 0.493 e. The predicted octanol–water partition coefficient (Wildman–Crippen LogP) is 2.42. The SMILES string of the molecule is CNC(=O)OCCCOc1ccc(I)cc1. The smallest absolute Gasteiger partial charge is 0.406 e. The van der Waals surface area contributed by atoms with Gasteiger partial charge < -0.3 is 14.8 Å². The number of benzene rings is 1. The van der Waals surface area contributed by atoms with E-state index in [1.165, 1.54) is 10.6 Å². The summed E-state index contributed by atoms with van der Waals surface area (Å²) in [4.78, 5) is 10.7. The van der Waals surface area contributed by atoms with Gasteiger partial charge in [0.05, 0.1) is 13.2 Å². The van der Waals surface area contributed by atoms with Crippen molar-refractivity contribution >= 4 is 28.7 Å². The Morgan fingerprint density at radius 2 is 2.00 bits per heavy atom. The second-order valence-corrected chi connectivity index (χ2v) is 4.29. The fourth-order valence-electron chi connectivity index (χ4n) is 1.02. The van der Waals surface area contributed by atoms with E-state index in [2.05, 4.69) is 27.9 Å². The maximum Gasteiger partial charge on any atom is 0.406 e. The van der Waals surface area contributed by atoms with E-state index in [0.29, 0.717) is 19.6 Å². The van der Waals surface area contributed by atoms with Crippen molar-refractivity contribution in [3.8, 4) is 5.75 Å². The van der Waals surface area contributed by atoms with Gasteiger partial charge in [0.15, 0.2) is 0 Å². The quantitative estimate of drug-likeness (QED) is 0.664. The van der Waals surface area contributed by atoms with Gasteiger partial charge in [-0.2, -0.15) is 0 Å². The van der Waals surface area contributed by atoms with Crippen LogP contribution in [-0.2, 0) is 4.74 Å². The third-order valence-corrected chi connectivity index (χ3v) is 2.53. The number of hydrogen-bond acceptors (Lipinski definition) is 3. The second kappa shape index (κ2) is 7.32. The van der Waals surface area contributed by atoms with Crippen LogP contribution in [0.5, 0.6) is 5.75 Å². The van der Waals surface area contributed by atoms with Crippen LogP contribution in [0.2, 0.25) is 0 Å². The minimum Gasteiger partial charge on any atom is -0.493 e. The molecular weight excluding hydrogens is 321 g/mol. The fraction of sp³-hybridized carbons (Fsp3) is 0.364. The van der Waals surface area contributed by atoms with E-state index in [-0.39, 0.29) is 0 Å². The van der Waals surface area contributed by atoms with Crippen molar-refractivity contribution in [1.29, 1.82) is 0 Å². The van der Waals surface area contributed by atoms with Crippen LogP contribution in [0.3, 0.4) is 0 Å². The Labute approximate surface area is 108 Å². The van der Waals surface area contributed by atoms with Gasteiger partial charge in [0.1, 0.15) is 5.75 Å². The molecule has 0 radical (unpaired) electrons. The summed E-state index contributed by atoms with van der Waals surface area (Å²) < 4.78 is 11.5. The van der Waals surface area contributed by atoms with Gasteiger partial charge in [-0.05, 0) is 46.9 Å². The number of carbonyl (C=O) groups is 1. The number of nitrogens with one attached hydrogen (secondary N) is 1. The molecule has 0 aliphatic heterocycles. The Balaban J connectivity index is 2.11. The zero-order chi connectivity index (χ0) is 11.8. The lowest BCUT2D eigenvalue weighted by Gasteiger charge is -2.06. The number of carbonyl (C=O) groups excluding carboxylic acids is 1. The first kappa shape index (κ1) is 13.1. The molecule has 0 atom stereocenters. The fourth-order valence-corrected chi connectivity index (χ4v) is 1.38. The molecule has 1 aromatic rings. The molecule has 0 aliphatic carbocycles. The van der Waals surface area contributed by atoms with Crippen molar-refractivity contribution < 1.29 is 14.3 Å². The van der Waals surface area contributed by atoms with E-state index < -0.39 is 6.09 Å². The van der Waals surface area contributed by atoms with Gasteiger partial charge in [-0.25, -0.2) is 4.79 Å². The summed E-state index contributed by atoms with van der Waals surface area (Å²) in [5, 5.41) is 2.38. The lowest BCUT2D eigenvalue weighted by atomic mass is 10.3. The molecular formula is C11H14INO3. The molecule has 0 fully saturated rings. The molecule has 5 heteroatoms. The summed E-state index contributed by atoms with van der Waals surface area (Å²) in [6.45, 7) is 0.904. The maximum atomic E-state index is 10.7. The standard InChI is InChI=1S/C11H14INO3/c1-13-11(14)16-8-2-7-15-10-5-3-9(12)4-6-10/h3-6H,2,7-8H2,1H3,(H,13,14). The molecule has 1 N–H and O–H groups in total. The molecule has 1 rings (SSSR count). The number of alkyl carbamates (subject to hydrolysis) is 1. The van der Waals surface area contributed by atoms with Crippen LogP contribution in [-0.4, -0.2) is 26.4 Å². The first-order valence-corrected chi connectivity index (χ1v) is 6.03. The van der Waals surface area contributed by atoms with Crippen LogP contribution in [0.1, 0.15) is 6.42 Å². The molecule has 4 nitrogen and oxygen atoms in total. The average molecular weight is 335 g/mol. The molecule has 88 valence electrons. The number of amides is 1. The molecule has 16 heavy (non-hydrogen) atoms. The first-order chi connectivity index (χ1) is 7.72. The summed E-state index contributed by atoms with van der Waals surface area (Å²) in [6, 6.07) is 7.80. The molecule has 0 unspecified atom stereocenters. The lowest BCUT2D eigenvalue weighted by Crippen LogP contribution is -2.20. The monoisotopic (exact) mass is 335 g/mol. The summed E-state index contributed by atoms with van der Waals surface area (Å²) >= 11 is 2.24. The number of rotatable bonds is 5. The van der Waals surface area contributed by atoms with E-state index in [9.17, 15) is 4.79 Å². The highest BCUT2D eigenvalue weighted by atomic mass is 127. The minimum absolute atomic E-state index is 0.365. The van der Waals surface area contributed by atoms with Gasteiger partial charge in [-0.1, -0.05) is 0 Å². The Bertz CT molecular complexity index is 327. The van der Waals surface area contributed by atoms with Crippen LogP contribution in [0, 0.1) is 3.57 Å². The first-order valence-electron chi connectivity index (χ1n) is 4.95. The predicted molar refractivity (Wildman–Crippen MR) is 69.7 cm³/mol. The molecule has 1 amide bonds. The Kier molecular flexibility index (Phi) is 5.99. The third kappa shape index (κ3) is 5.20. The van der Waals surface area contributed by atoms with Gasteiger partial charge in [0.2, 0.25) is 0 Å². The molecule has 0 heterocycles. The number of halogens is 1. The van der Waals surface area contributed by atoms with E-state index in [1.807, 2.05) is 24.3 Å². The van der Waals surface area contributed by atoms with Crippen LogP contribution in [0.25, 0.3) is 0 Å². The third-order valence-electron chi connectivity index (χ3n) is 1.81. The molecule has 0 saturated carbocycles. The molecule has 1 aromatic carbocycles. The summed E-state index contributed by atoms with van der Waals surface area (Å²) in [5.74, 6) is 0.834. The Morgan fingerprint density at radius 1 is 1.31 bits per heavy atom. The molecule has 0 bridgehead atoms. The highest BCUT2D eigenvalue weighted by Crippen LogP contribution is 2.13. The summed E-state index contributed by atoms with van der Waals surface area (Å²) in [7, 11) is 1.53. The van der Waals surface area contributed by atoms with Crippen molar-refractivity contribution in [1.82, 2.24) is 5.32 Å². The van der Waals surface area contributed by atoms with Crippen molar-refractivity contribution in [2.45, 2.75) is 6.42 Å². The lowest BCUT2D eigenvalue weighted by molar-refractivity contribution is 0.140. The maximum absolute atomic E-state index is 10.7. The van der Waals surface area contributed by atoms with Gasteiger partial charge in [0.25, 0.3) is 0 Å². The van der Waals surface area contributed by atoms with Crippen molar-refractivity contribution in [2.24, 2.45) is 0 Å². The summed E-state index contributed by atoms with van der Waals surface area (Å²) in [6.07, 6.45) is 0.272. The van der Waals surface area contributed by atoms with E-state index in [1.54, 1.807) is 0 Å². The van der Waals surface area contributed by atoms with Gasteiger partial charge >= 0.3 is 6.09 Å². The highest BCUT2D eigenvalue weighted by Gasteiger charge is 1.97. The minimum atomic E-state index is -0.408. The molecule has 0 aliphatic rings. The average Bonchev–Trinajstić information content (AvgIpc) is 2.31. The second-order valence-electron chi connectivity index (χ2n) is 3.04. The topological polar surface area (TPSA) is 47.6 Å². The zero-order valence-corrected chi connectivity index (χ0v) is 11.2. The summed E-state index contributed by atoms with van der Waals surface area (Å²) in [5.41, 5.74) is 0. The Hall–Kier alpha value is -0.980. The van der Waals surface area contributed by atoms with Gasteiger partial charge in [-0.15, -0.1) is 0 Å². The normalized spacial score (nSPS) is 9.62. The van der Waals surface area contributed by atoms with E-state index in [0.717, 1.165) is 5.75 Å². The van der Waals surface area contributed by atoms with Crippen molar-refractivity contribution in [3.63, 3.8) is 0 Å². The van der Waals surface area contributed by atoms with Crippen LogP contribution in [0.4, 0.5) is 4.79 Å². The van der Waals surface area contributed by atoms with Gasteiger partial charge in [-0.3, -0.25) is 0 Å². The number of hydrogen-bond donors (Lipinski definition) is 1. The molecule has 0 spiro atoms.